The van der Waals surface area contributed by atoms with Crippen LogP contribution < -0.4 is 22.1 Å². The van der Waals surface area contributed by atoms with E-state index >= 15 is 0 Å². The van der Waals surface area contributed by atoms with Crippen molar-refractivity contribution in [1.29, 1.82) is 0 Å². The molecule has 0 unspecified atom stereocenters. The minimum Gasteiger partial charge on any atom is -0.369 e. The van der Waals surface area contributed by atoms with Crippen LogP contribution in [-0.4, -0.2) is 30.3 Å². The Bertz CT molecular complexity index is 364. The molecule has 1 heterocycles. The van der Waals surface area contributed by atoms with Gasteiger partial charge >= 0.3 is 6.03 Å². The first-order valence-corrected chi connectivity index (χ1v) is 4.08. The van der Waals surface area contributed by atoms with E-state index in [1.807, 2.05) is 0 Å². The van der Waals surface area contributed by atoms with Crippen LogP contribution in [-0.2, 0) is 9.59 Å². The summed E-state index contributed by atoms with van der Waals surface area (Å²) in [7, 11) is 0. The molecule has 1 aliphatic rings. The number of carbonyl (C=O) groups excluding carboxylic acids is 3. The molecule has 0 bridgehead atoms. The average molecular weight is 213 g/mol. The van der Waals surface area contributed by atoms with Crippen molar-refractivity contribution in [1.82, 2.24) is 10.6 Å². The third-order valence-electron chi connectivity index (χ3n) is 2.07. The Morgan fingerprint density at radius 2 is 2.13 bits per heavy atom. The average Bonchev–Trinajstić information content (AvgIpc) is 2.10. The molecular formula is C7H11N5O3. The third-order valence-corrected chi connectivity index (χ3v) is 2.07. The van der Waals surface area contributed by atoms with Gasteiger partial charge in [0.05, 0.1) is 6.54 Å². The molecule has 4 amide bonds. The zero-order valence-electron chi connectivity index (χ0n) is 8.03. The number of nitrogens with two attached hydrogens (primary N) is 2. The van der Waals surface area contributed by atoms with Crippen molar-refractivity contribution in [2.75, 3.05) is 6.54 Å². The van der Waals surface area contributed by atoms with Gasteiger partial charge in [-0.15, -0.1) is 0 Å². The Morgan fingerprint density at radius 1 is 1.53 bits per heavy atom. The van der Waals surface area contributed by atoms with Gasteiger partial charge in [0.1, 0.15) is 5.41 Å². The van der Waals surface area contributed by atoms with Crippen molar-refractivity contribution in [2.24, 2.45) is 21.9 Å². The van der Waals surface area contributed by atoms with Crippen LogP contribution in [0.15, 0.2) is 4.99 Å². The summed E-state index contributed by atoms with van der Waals surface area (Å²) in [6.45, 7) is 1.25. The summed E-state index contributed by atoms with van der Waals surface area (Å²) in [5.41, 5.74) is 8.49. The van der Waals surface area contributed by atoms with E-state index in [0.717, 1.165) is 0 Å². The number of hydrogen-bond acceptors (Lipinski definition) is 4. The van der Waals surface area contributed by atoms with Gasteiger partial charge in [0.15, 0.2) is 0 Å². The lowest BCUT2D eigenvalue weighted by atomic mass is 9.88. The number of primary amides is 2. The SMILES string of the molecule is C[C@]1(C(N)=O)CN=C(NC(N)=O)NC1=O. The predicted octanol–water partition coefficient (Wildman–Crippen LogP) is -2.37. The van der Waals surface area contributed by atoms with Crippen LogP contribution >= 0.6 is 0 Å². The Morgan fingerprint density at radius 3 is 2.53 bits per heavy atom. The highest BCUT2D eigenvalue weighted by Gasteiger charge is 2.42. The van der Waals surface area contributed by atoms with Crippen molar-refractivity contribution in [3.05, 3.63) is 0 Å². The maximum Gasteiger partial charge on any atom is 0.318 e. The highest BCUT2D eigenvalue weighted by atomic mass is 16.2. The topological polar surface area (TPSA) is 140 Å². The molecule has 0 aromatic carbocycles. The van der Waals surface area contributed by atoms with E-state index in [1.54, 1.807) is 0 Å². The van der Waals surface area contributed by atoms with Crippen LogP contribution in [0.1, 0.15) is 6.92 Å². The van der Waals surface area contributed by atoms with Crippen LogP contribution in [0, 0.1) is 5.41 Å². The van der Waals surface area contributed by atoms with Gasteiger partial charge in [-0.1, -0.05) is 0 Å². The fourth-order valence-corrected chi connectivity index (χ4v) is 0.971. The van der Waals surface area contributed by atoms with Gasteiger partial charge in [0.25, 0.3) is 0 Å². The lowest BCUT2D eigenvalue weighted by molar-refractivity contribution is -0.139. The second kappa shape index (κ2) is 3.56. The molecule has 1 rings (SSSR count). The number of carbonyl (C=O) groups is 3. The summed E-state index contributed by atoms with van der Waals surface area (Å²) in [4.78, 5) is 36.7. The number of guanidine groups is 1. The lowest BCUT2D eigenvalue weighted by Gasteiger charge is -2.27. The number of urea groups is 1. The maximum absolute atomic E-state index is 11.5. The maximum atomic E-state index is 11.5. The second-order valence-electron chi connectivity index (χ2n) is 3.30. The highest BCUT2D eigenvalue weighted by molar-refractivity contribution is 6.14. The number of nitrogens with zero attached hydrogens (tertiary/aromatic N) is 1. The molecule has 0 saturated carbocycles. The molecule has 8 heteroatoms. The summed E-state index contributed by atoms with van der Waals surface area (Å²) in [5.74, 6) is -1.47. The first kappa shape index (κ1) is 11.0. The Balaban J connectivity index is 2.84. The molecule has 1 aliphatic heterocycles. The minimum absolute atomic E-state index is 0.0776. The van der Waals surface area contributed by atoms with Crippen LogP contribution in [0.2, 0.25) is 0 Å². The number of aliphatic imine (C=N–C) groups is 1. The van der Waals surface area contributed by atoms with E-state index in [4.69, 9.17) is 11.5 Å². The fraction of sp³-hybridized carbons (Fsp3) is 0.429. The molecule has 0 spiro atoms. The highest BCUT2D eigenvalue weighted by Crippen LogP contribution is 2.18. The molecule has 82 valence electrons. The predicted molar refractivity (Wildman–Crippen MR) is 50.5 cm³/mol. The van der Waals surface area contributed by atoms with Crippen molar-refractivity contribution in [2.45, 2.75) is 6.92 Å². The number of rotatable bonds is 1. The first-order valence-electron chi connectivity index (χ1n) is 4.08. The summed E-state index contributed by atoms with van der Waals surface area (Å²) >= 11 is 0. The first-order chi connectivity index (χ1) is 6.86. The van der Waals surface area contributed by atoms with Crippen molar-refractivity contribution >= 4 is 23.8 Å². The van der Waals surface area contributed by atoms with Gasteiger partial charge in [0.2, 0.25) is 17.8 Å². The summed E-state index contributed by atoms with van der Waals surface area (Å²) in [5, 5.41) is 4.31. The standard InChI is InChI=1S/C7H11N5O3/c1-7(3(8)13)2-10-6(11-4(7)14)12-5(9)15/h2H2,1H3,(H2,8,13)(H4,9,10,11,12,14,15)/t7-/m1/s1. The normalized spacial score (nSPS) is 25.1. The minimum atomic E-state index is -1.39. The van der Waals surface area contributed by atoms with E-state index in [-0.39, 0.29) is 12.5 Å². The van der Waals surface area contributed by atoms with Gasteiger partial charge in [-0.05, 0) is 6.92 Å². The van der Waals surface area contributed by atoms with Gasteiger partial charge in [0, 0.05) is 0 Å². The van der Waals surface area contributed by atoms with Gasteiger partial charge in [-0.3, -0.25) is 25.2 Å². The molecule has 8 nitrogen and oxygen atoms in total. The molecule has 0 fully saturated rings. The summed E-state index contributed by atoms with van der Waals surface area (Å²) in [6.07, 6.45) is 0. The van der Waals surface area contributed by atoms with Crippen molar-refractivity contribution < 1.29 is 14.4 Å². The van der Waals surface area contributed by atoms with Gasteiger partial charge in [-0.25, -0.2) is 4.79 Å². The van der Waals surface area contributed by atoms with Crippen LogP contribution in [0.5, 0.6) is 0 Å². The van der Waals surface area contributed by atoms with Crippen LogP contribution in [0.3, 0.4) is 0 Å². The molecule has 1 atom stereocenters. The zero-order valence-corrected chi connectivity index (χ0v) is 8.03. The monoisotopic (exact) mass is 213 g/mol. The molecule has 0 aromatic rings. The number of amides is 4. The van der Waals surface area contributed by atoms with Crippen LogP contribution in [0.4, 0.5) is 4.79 Å². The van der Waals surface area contributed by atoms with E-state index in [1.165, 1.54) is 6.92 Å². The number of nitrogens with one attached hydrogen (secondary N) is 2. The molecular weight excluding hydrogens is 202 g/mol. The summed E-state index contributed by atoms with van der Waals surface area (Å²) < 4.78 is 0. The fourth-order valence-electron chi connectivity index (χ4n) is 0.971. The smallest absolute Gasteiger partial charge is 0.318 e. The lowest BCUT2D eigenvalue weighted by Crippen LogP contribution is -2.58. The molecule has 0 radical (unpaired) electrons. The van der Waals surface area contributed by atoms with E-state index in [0.29, 0.717) is 0 Å². The largest absolute Gasteiger partial charge is 0.369 e. The van der Waals surface area contributed by atoms with E-state index < -0.39 is 23.3 Å². The van der Waals surface area contributed by atoms with E-state index in [2.05, 4.69) is 15.6 Å². The quantitative estimate of drug-likeness (QED) is 0.362. The molecule has 0 aromatic heterocycles. The van der Waals surface area contributed by atoms with Gasteiger partial charge in [-0.2, -0.15) is 0 Å². The van der Waals surface area contributed by atoms with Crippen molar-refractivity contribution in [3.63, 3.8) is 0 Å². The second-order valence-corrected chi connectivity index (χ2v) is 3.30. The van der Waals surface area contributed by atoms with E-state index in [9.17, 15) is 14.4 Å². The molecule has 15 heavy (non-hydrogen) atoms. The Labute approximate surface area is 85.1 Å². The third kappa shape index (κ3) is 2.03. The molecule has 0 aliphatic carbocycles. The van der Waals surface area contributed by atoms with Crippen molar-refractivity contribution in [3.8, 4) is 0 Å². The van der Waals surface area contributed by atoms with Crippen LogP contribution in [0.25, 0.3) is 0 Å². The molecule has 6 N–H and O–H groups in total. The molecule has 0 saturated heterocycles. The Kier molecular flexibility index (Phi) is 2.60. The summed E-state index contributed by atoms with van der Waals surface area (Å²) in [6, 6.07) is -0.850. The van der Waals surface area contributed by atoms with Gasteiger partial charge < -0.3 is 11.5 Å². The Hall–Kier alpha value is -2.12. The number of hydrogen-bond donors (Lipinski definition) is 4. The zero-order chi connectivity index (χ0) is 11.6.